The molecule has 0 atom stereocenters. The minimum Gasteiger partial charge on any atom is -0.207 e. The van der Waals surface area contributed by atoms with E-state index >= 15 is 0 Å². The van der Waals surface area contributed by atoms with Crippen LogP contribution in [-0.2, 0) is 12.8 Å². The molecule has 0 fully saturated rings. The van der Waals surface area contributed by atoms with Crippen LogP contribution >= 0.6 is 0 Å². The quantitative estimate of drug-likeness (QED) is 0.258. The largest absolute Gasteiger partial charge is 0.207 e. The highest BCUT2D eigenvalue weighted by Gasteiger charge is 2.12. The lowest BCUT2D eigenvalue weighted by Gasteiger charge is -2.05. The Bertz CT molecular complexity index is 1300. The molecule has 0 heterocycles. The second kappa shape index (κ2) is 11.7. The lowest BCUT2D eigenvalue weighted by molar-refractivity contribution is 0.548. The maximum absolute atomic E-state index is 14.5. The third kappa shape index (κ3) is 6.49. The molecule has 0 N–H and O–H groups in total. The summed E-state index contributed by atoms with van der Waals surface area (Å²) in [6.07, 6.45) is 2.85. The summed E-state index contributed by atoms with van der Waals surface area (Å²) in [7, 11) is 0. The topological polar surface area (TPSA) is 0 Å². The van der Waals surface area contributed by atoms with Crippen molar-refractivity contribution in [3.05, 3.63) is 105 Å². The average Bonchev–Trinajstić information content (AvgIpc) is 2.77. The normalized spacial score (nSPS) is 10.4. The number of rotatable bonds is 5. The van der Waals surface area contributed by atoms with Gasteiger partial charge in [0.1, 0.15) is 34.9 Å². The third-order valence-corrected chi connectivity index (χ3v) is 5.27. The van der Waals surface area contributed by atoms with Gasteiger partial charge in [0, 0.05) is 16.7 Å². The minimum atomic E-state index is -1.07. The van der Waals surface area contributed by atoms with Crippen molar-refractivity contribution in [2.75, 3.05) is 0 Å². The number of hydrogen-bond donors (Lipinski definition) is 0. The molecule has 0 saturated carbocycles. The van der Waals surface area contributed by atoms with E-state index in [4.69, 9.17) is 0 Å². The van der Waals surface area contributed by atoms with Crippen molar-refractivity contribution < 1.29 is 26.3 Å². The van der Waals surface area contributed by atoms with Crippen molar-refractivity contribution in [2.24, 2.45) is 0 Å². The summed E-state index contributed by atoms with van der Waals surface area (Å²) in [5.74, 6) is 3.87. The van der Waals surface area contributed by atoms with Crippen LogP contribution < -0.4 is 0 Å². The Kier molecular flexibility index (Phi) is 8.66. The highest BCUT2D eigenvalue weighted by molar-refractivity contribution is 5.50. The number of hydrogen-bond acceptors (Lipinski definition) is 0. The van der Waals surface area contributed by atoms with E-state index in [1.54, 1.807) is 0 Å². The van der Waals surface area contributed by atoms with E-state index in [1.807, 2.05) is 13.8 Å². The molecular weight excluding hydrogens is 462 g/mol. The number of halogens is 6. The van der Waals surface area contributed by atoms with Gasteiger partial charge in [-0.15, -0.1) is 0 Å². The highest BCUT2D eigenvalue weighted by Crippen LogP contribution is 2.20. The molecule has 0 nitrogen and oxygen atoms in total. The maximum atomic E-state index is 14.5. The molecule has 0 aliphatic rings. The second-order valence-corrected chi connectivity index (χ2v) is 8.02. The molecule has 3 aromatic rings. The zero-order valence-electron chi connectivity index (χ0n) is 19.3. The molecule has 0 saturated heterocycles. The minimum absolute atomic E-state index is 0.0504. The summed E-state index contributed by atoms with van der Waals surface area (Å²) in [5, 5.41) is 0. The molecule has 3 aromatic carbocycles. The van der Waals surface area contributed by atoms with Crippen LogP contribution in [-0.4, -0.2) is 0 Å². The lowest BCUT2D eigenvalue weighted by Crippen LogP contribution is -1.97. The molecule has 0 aromatic heterocycles. The van der Waals surface area contributed by atoms with Crippen LogP contribution in [0.4, 0.5) is 26.3 Å². The molecule has 0 aliphatic carbocycles. The zero-order chi connectivity index (χ0) is 25.5. The lowest BCUT2D eigenvalue weighted by atomic mass is 10.0. The van der Waals surface area contributed by atoms with Crippen molar-refractivity contribution >= 4 is 0 Å². The Morgan fingerprint density at radius 1 is 0.514 bits per heavy atom. The monoisotopic (exact) mass is 484 g/mol. The Balaban J connectivity index is 1.88. The van der Waals surface area contributed by atoms with Gasteiger partial charge in [0.15, 0.2) is 0 Å². The summed E-state index contributed by atoms with van der Waals surface area (Å²) in [5.41, 5.74) is -0.901. The Hall–Kier alpha value is -3.64. The molecule has 3 rings (SSSR count). The number of aryl methyl sites for hydroxylation is 1. The first-order valence-corrected chi connectivity index (χ1v) is 11.2. The molecule has 0 spiro atoms. The van der Waals surface area contributed by atoms with E-state index in [-0.39, 0.29) is 23.1 Å². The van der Waals surface area contributed by atoms with Gasteiger partial charge in [-0.05, 0) is 61.2 Å². The van der Waals surface area contributed by atoms with Gasteiger partial charge in [0.05, 0.1) is 11.1 Å². The summed E-state index contributed by atoms with van der Waals surface area (Å²) < 4.78 is 85.8. The summed E-state index contributed by atoms with van der Waals surface area (Å²) in [6.45, 7) is 3.78. The fourth-order valence-electron chi connectivity index (χ4n) is 3.48. The van der Waals surface area contributed by atoms with Crippen LogP contribution in [0.15, 0.2) is 36.4 Å². The van der Waals surface area contributed by atoms with E-state index in [1.165, 1.54) is 12.1 Å². The Morgan fingerprint density at radius 3 is 1.37 bits per heavy atom. The third-order valence-electron chi connectivity index (χ3n) is 5.27. The van der Waals surface area contributed by atoms with Crippen LogP contribution in [0.3, 0.4) is 0 Å². The average molecular weight is 484 g/mol. The first-order valence-electron chi connectivity index (χ1n) is 11.2. The maximum Gasteiger partial charge on any atom is 0.143 e. The van der Waals surface area contributed by atoms with Gasteiger partial charge >= 0.3 is 0 Å². The van der Waals surface area contributed by atoms with Gasteiger partial charge in [0.25, 0.3) is 0 Å². The standard InChI is InChI=1S/C29H22F6/c1-3-5-7-21-24(30)14-19(15-25(21)31)8-11-23-28(34)16-20(17-29(23)35)9-10-22-26(32)12-18(6-4-2)13-27(22)33/h12-17H,3-7H2,1-2H3. The van der Waals surface area contributed by atoms with Crippen molar-refractivity contribution in [3.8, 4) is 23.7 Å². The molecule has 6 heteroatoms. The van der Waals surface area contributed by atoms with Gasteiger partial charge < -0.3 is 0 Å². The highest BCUT2D eigenvalue weighted by atomic mass is 19.2. The van der Waals surface area contributed by atoms with Crippen molar-refractivity contribution in [3.63, 3.8) is 0 Å². The molecule has 0 unspecified atom stereocenters. The summed E-state index contributed by atoms with van der Waals surface area (Å²) in [4.78, 5) is 0. The molecule has 180 valence electrons. The van der Waals surface area contributed by atoms with Crippen LogP contribution in [0.2, 0.25) is 0 Å². The predicted octanol–water partition coefficient (Wildman–Crippen LogP) is 7.62. The first-order chi connectivity index (χ1) is 16.7. The fraction of sp³-hybridized carbons (Fsp3) is 0.241. The van der Waals surface area contributed by atoms with Gasteiger partial charge in [-0.1, -0.05) is 50.4 Å². The van der Waals surface area contributed by atoms with Crippen LogP contribution in [0.5, 0.6) is 0 Å². The smallest absolute Gasteiger partial charge is 0.143 e. The second-order valence-electron chi connectivity index (χ2n) is 8.02. The van der Waals surface area contributed by atoms with Crippen molar-refractivity contribution in [1.82, 2.24) is 0 Å². The van der Waals surface area contributed by atoms with E-state index in [2.05, 4.69) is 23.7 Å². The van der Waals surface area contributed by atoms with Crippen molar-refractivity contribution in [1.29, 1.82) is 0 Å². The van der Waals surface area contributed by atoms with Gasteiger partial charge in [-0.3, -0.25) is 0 Å². The zero-order valence-corrected chi connectivity index (χ0v) is 19.3. The van der Waals surface area contributed by atoms with Crippen LogP contribution in [0.1, 0.15) is 66.5 Å². The van der Waals surface area contributed by atoms with E-state index in [9.17, 15) is 26.3 Å². The number of unbranched alkanes of at least 4 members (excludes halogenated alkanes) is 1. The fourth-order valence-corrected chi connectivity index (χ4v) is 3.48. The Morgan fingerprint density at radius 2 is 0.943 bits per heavy atom. The SMILES string of the molecule is CCCCc1c(F)cc(C#Cc2c(F)cc(C#Cc3c(F)cc(CCC)cc3F)cc2F)cc1F. The molecular formula is C29H22F6. The van der Waals surface area contributed by atoms with Crippen molar-refractivity contribution in [2.45, 2.75) is 46.0 Å². The number of benzene rings is 3. The first kappa shape index (κ1) is 26.0. The molecule has 0 bridgehead atoms. The van der Waals surface area contributed by atoms with E-state index in [0.717, 1.165) is 30.7 Å². The predicted molar refractivity (Wildman–Crippen MR) is 124 cm³/mol. The van der Waals surface area contributed by atoms with Gasteiger partial charge in [-0.25, -0.2) is 26.3 Å². The Labute approximate surface area is 201 Å². The molecule has 0 amide bonds. The molecule has 0 aliphatic heterocycles. The van der Waals surface area contributed by atoms with Gasteiger partial charge in [0.2, 0.25) is 0 Å². The van der Waals surface area contributed by atoms with Crippen LogP contribution in [0, 0.1) is 58.6 Å². The van der Waals surface area contributed by atoms with E-state index < -0.39 is 46.0 Å². The van der Waals surface area contributed by atoms with Crippen LogP contribution in [0.25, 0.3) is 0 Å². The van der Waals surface area contributed by atoms with Gasteiger partial charge in [-0.2, -0.15) is 0 Å². The summed E-state index contributed by atoms with van der Waals surface area (Å²) >= 11 is 0. The molecule has 35 heavy (non-hydrogen) atoms. The van der Waals surface area contributed by atoms with E-state index in [0.29, 0.717) is 24.8 Å². The molecule has 0 radical (unpaired) electrons. The summed E-state index contributed by atoms with van der Waals surface area (Å²) in [6, 6.07) is 6.14.